The van der Waals surface area contributed by atoms with Crippen LogP contribution in [-0.2, 0) is 9.59 Å². The van der Waals surface area contributed by atoms with Gasteiger partial charge in [0.1, 0.15) is 22.8 Å². The summed E-state index contributed by atoms with van der Waals surface area (Å²) in [6, 6.07) is 13.7. The van der Waals surface area contributed by atoms with Crippen molar-refractivity contribution in [2.75, 3.05) is 12.0 Å². The molecular formula is C22H14Cl2N2O5. The average molecular weight is 457 g/mol. The molecule has 1 N–H and O–H groups in total. The average Bonchev–Trinajstić information content (AvgIpc) is 3.21. The third-order valence-electron chi connectivity index (χ3n) is 4.54. The maximum atomic E-state index is 12.9. The maximum absolute atomic E-state index is 12.9. The van der Waals surface area contributed by atoms with Crippen LogP contribution in [0.4, 0.5) is 10.5 Å². The largest absolute Gasteiger partial charge is 0.495 e. The van der Waals surface area contributed by atoms with Gasteiger partial charge in [0.15, 0.2) is 0 Å². The highest BCUT2D eigenvalue weighted by atomic mass is 35.5. The molecule has 4 rings (SSSR count). The number of methoxy groups -OCH3 is 1. The molecule has 2 heterocycles. The lowest BCUT2D eigenvalue weighted by Gasteiger charge is -2.26. The Labute approximate surface area is 186 Å². The van der Waals surface area contributed by atoms with E-state index in [1.807, 2.05) is 0 Å². The van der Waals surface area contributed by atoms with Crippen LogP contribution in [0, 0.1) is 0 Å². The minimum atomic E-state index is -0.845. The summed E-state index contributed by atoms with van der Waals surface area (Å²) in [7, 11) is 1.52. The van der Waals surface area contributed by atoms with Crippen LogP contribution in [0.2, 0.25) is 10.0 Å². The number of nitrogens with zero attached hydrogens (tertiary/aromatic N) is 1. The van der Waals surface area contributed by atoms with E-state index in [-0.39, 0.29) is 17.0 Å². The molecule has 4 amide bonds. The van der Waals surface area contributed by atoms with Gasteiger partial charge in [0.25, 0.3) is 11.8 Å². The van der Waals surface area contributed by atoms with Gasteiger partial charge in [-0.05, 0) is 60.7 Å². The number of hydrogen-bond donors (Lipinski definition) is 1. The van der Waals surface area contributed by atoms with Gasteiger partial charge in [0.2, 0.25) is 0 Å². The third kappa shape index (κ3) is 4.05. The number of nitrogens with one attached hydrogen (secondary N) is 1. The predicted molar refractivity (Wildman–Crippen MR) is 116 cm³/mol. The number of halogens is 2. The number of rotatable bonds is 4. The minimum Gasteiger partial charge on any atom is -0.495 e. The Hall–Kier alpha value is -3.55. The molecule has 1 fully saturated rings. The first-order valence-corrected chi connectivity index (χ1v) is 9.74. The maximum Gasteiger partial charge on any atom is 0.335 e. The number of carbonyl (C=O) groups excluding carboxylic acids is 3. The lowest BCUT2D eigenvalue weighted by Crippen LogP contribution is -2.54. The minimum absolute atomic E-state index is 0.247. The SMILES string of the molecule is COc1ccc(-c2ccc(/C=C3/C(=O)NC(=O)N(c4ccc(Cl)cc4)C3=O)o2)cc1Cl. The van der Waals surface area contributed by atoms with Crippen molar-refractivity contribution in [3.8, 4) is 17.1 Å². The van der Waals surface area contributed by atoms with E-state index in [1.54, 1.807) is 30.3 Å². The van der Waals surface area contributed by atoms with Crippen LogP contribution in [0.1, 0.15) is 5.76 Å². The monoisotopic (exact) mass is 456 g/mol. The number of benzene rings is 2. The highest BCUT2D eigenvalue weighted by molar-refractivity contribution is 6.39. The van der Waals surface area contributed by atoms with E-state index in [0.717, 1.165) is 4.90 Å². The summed E-state index contributed by atoms with van der Waals surface area (Å²) in [6.07, 6.45) is 1.28. The molecule has 156 valence electrons. The number of furan rings is 1. The lowest BCUT2D eigenvalue weighted by molar-refractivity contribution is -0.122. The standard InChI is InChI=1S/C22H14Cl2N2O5/c1-30-19-8-2-12(10-17(19)24)18-9-7-15(31-18)11-16-20(27)25-22(29)26(21(16)28)14-5-3-13(23)4-6-14/h2-11H,1H3,(H,25,27,29)/b16-11-. The zero-order valence-electron chi connectivity index (χ0n) is 16.0. The summed E-state index contributed by atoms with van der Waals surface area (Å²) in [5.41, 5.74) is 0.717. The summed E-state index contributed by atoms with van der Waals surface area (Å²) >= 11 is 12.0. The molecule has 31 heavy (non-hydrogen) atoms. The molecule has 1 aromatic heterocycles. The summed E-state index contributed by atoms with van der Waals surface area (Å²) in [5.74, 6) is -0.334. The van der Waals surface area contributed by atoms with E-state index in [0.29, 0.717) is 27.1 Å². The van der Waals surface area contributed by atoms with E-state index < -0.39 is 17.8 Å². The number of amides is 4. The van der Waals surface area contributed by atoms with Crippen molar-refractivity contribution in [2.24, 2.45) is 0 Å². The normalized spacial score (nSPS) is 15.4. The van der Waals surface area contributed by atoms with Crippen LogP contribution in [0.25, 0.3) is 17.4 Å². The van der Waals surface area contributed by atoms with Crippen molar-refractivity contribution < 1.29 is 23.5 Å². The highest BCUT2D eigenvalue weighted by Crippen LogP contribution is 2.32. The Morgan fingerprint density at radius 1 is 1.00 bits per heavy atom. The molecule has 0 radical (unpaired) electrons. The molecule has 0 unspecified atom stereocenters. The number of barbiturate groups is 1. The van der Waals surface area contributed by atoms with Gasteiger partial charge in [0.05, 0.1) is 17.8 Å². The van der Waals surface area contributed by atoms with E-state index >= 15 is 0 Å². The number of carbonyl (C=O) groups is 3. The molecule has 0 saturated carbocycles. The zero-order valence-corrected chi connectivity index (χ0v) is 17.5. The first kappa shape index (κ1) is 20.7. The summed E-state index contributed by atoms with van der Waals surface area (Å²) in [6.45, 7) is 0. The number of hydrogen-bond acceptors (Lipinski definition) is 5. The Morgan fingerprint density at radius 2 is 1.74 bits per heavy atom. The van der Waals surface area contributed by atoms with Crippen molar-refractivity contribution in [2.45, 2.75) is 0 Å². The highest BCUT2D eigenvalue weighted by Gasteiger charge is 2.37. The molecule has 3 aromatic rings. The zero-order chi connectivity index (χ0) is 22.1. The first-order valence-electron chi connectivity index (χ1n) is 8.98. The number of ether oxygens (including phenoxy) is 1. The van der Waals surface area contributed by atoms with Gasteiger partial charge in [-0.2, -0.15) is 0 Å². The molecule has 0 bridgehead atoms. The quantitative estimate of drug-likeness (QED) is 0.444. The van der Waals surface area contributed by atoms with Gasteiger partial charge in [-0.3, -0.25) is 14.9 Å². The van der Waals surface area contributed by atoms with Crippen molar-refractivity contribution in [3.63, 3.8) is 0 Å². The van der Waals surface area contributed by atoms with Crippen molar-refractivity contribution in [1.82, 2.24) is 5.32 Å². The Morgan fingerprint density at radius 3 is 2.42 bits per heavy atom. The van der Waals surface area contributed by atoms with Gasteiger partial charge in [0, 0.05) is 10.6 Å². The van der Waals surface area contributed by atoms with E-state index in [9.17, 15) is 14.4 Å². The topological polar surface area (TPSA) is 88.9 Å². The molecule has 7 nitrogen and oxygen atoms in total. The third-order valence-corrected chi connectivity index (χ3v) is 5.08. The summed E-state index contributed by atoms with van der Waals surface area (Å²) in [5, 5.41) is 3.01. The van der Waals surface area contributed by atoms with E-state index in [4.69, 9.17) is 32.4 Å². The van der Waals surface area contributed by atoms with Crippen LogP contribution < -0.4 is 15.0 Å². The van der Waals surface area contributed by atoms with Crippen LogP contribution in [-0.4, -0.2) is 25.0 Å². The van der Waals surface area contributed by atoms with Crippen LogP contribution >= 0.6 is 23.2 Å². The number of imide groups is 2. The molecule has 0 aliphatic carbocycles. The molecule has 1 aliphatic rings. The second-order valence-corrected chi connectivity index (χ2v) is 7.33. The Bertz CT molecular complexity index is 1230. The molecule has 2 aromatic carbocycles. The Balaban J connectivity index is 1.65. The predicted octanol–water partition coefficient (Wildman–Crippen LogP) is 4.93. The van der Waals surface area contributed by atoms with Crippen LogP contribution in [0.5, 0.6) is 5.75 Å². The molecule has 0 atom stereocenters. The summed E-state index contributed by atoms with van der Waals surface area (Å²) in [4.78, 5) is 38.3. The molecule has 1 aliphatic heterocycles. The van der Waals surface area contributed by atoms with Crippen molar-refractivity contribution >= 4 is 52.8 Å². The fourth-order valence-electron chi connectivity index (χ4n) is 3.03. The van der Waals surface area contributed by atoms with Gasteiger partial charge < -0.3 is 9.15 Å². The molecular weight excluding hydrogens is 443 g/mol. The Kier molecular flexibility index (Phi) is 5.54. The number of urea groups is 1. The number of anilines is 1. The second-order valence-electron chi connectivity index (χ2n) is 6.49. The van der Waals surface area contributed by atoms with Crippen molar-refractivity contribution in [3.05, 3.63) is 76.0 Å². The van der Waals surface area contributed by atoms with Crippen LogP contribution in [0.15, 0.2) is 64.6 Å². The molecule has 1 saturated heterocycles. The molecule has 0 spiro atoms. The van der Waals surface area contributed by atoms with Gasteiger partial charge in [-0.1, -0.05) is 23.2 Å². The van der Waals surface area contributed by atoms with Gasteiger partial charge in [-0.25, -0.2) is 9.69 Å². The van der Waals surface area contributed by atoms with Crippen molar-refractivity contribution in [1.29, 1.82) is 0 Å². The lowest BCUT2D eigenvalue weighted by atomic mass is 10.1. The van der Waals surface area contributed by atoms with Gasteiger partial charge in [-0.15, -0.1) is 0 Å². The van der Waals surface area contributed by atoms with E-state index in [1.165, 1.54) is 37.5 Å². The molecule has 9 heteroatoms. The fourth-order valence-corrected chi connectivity index (χ4v) is 3.41. The smallest absolute Gasteiger partial charge is 0.335 e. The fraction of sp³-hybridized carbons (Fsp3) is 0.0455. The first-order chi connectivity index (χ1) is 14.9. The second kappa shape index (κ2) is 8.29. The summed E-state index contributed by atoms with van der Waals surface area (Å²) < 4.78 is 10.9. The van der Waals surface area contributed by atoms with E-state index in [2.05, 4.69) is 5.32 Å². The van der Waals surface area contributed by atoms with Crippen LogP contribution in [0.3, 0.4) is 0 Å². The van der Waals surface area contributed by atoms with Gasteiger partial charge >= 0.3 is 6.03 Å².